The highest BCUT2D eigenvalue weighted by atomic mass is 16.4. The number of hydrogen-bond donors (Lipinski definition) is 3. The van der Waals surface area contributed by atoms with Gasteiger partial charge >= 0.3 is 5.97 Å². The van der Waals surface area contributed by atoms with Gasteiger partial charge in [-0.2, -0.15) is 0 Å². The number of aliphatic hydroxyl groups excluding tert-OH is 2. The van der Waals surface area contributed by atoms with Crippen molar-refractivity contribution in [1.82, 2.24) is 0 Å². The summed E-state index contributed by atoms with van der Waals surface area (Å²) in [5.41, 5.74) is 0.592. The quantitative estimate of drug-likeness (QED) is 0.425. The van der Waals surface area contributed by atoms with Crippen LogP contribution in [0.2, 0.25) is 0 Å². The van der Waals surface area contributed by atoms with Gasteiger partial charge in [0.2, 0.25) is 0 Å². The van der Waals surface area contributed by atoms with Gasteiger partial charge in [-0.15, -0.1) is 0 Å². The molecule has 0 aliphatic heterocycles. The van der Waals surface area contributed by atoms with Crippen LogP contribution in [0.3, 0.4) is 0 Å². The Bertz CT molecular complexity index is 708. The van der Waals surface area contributed by atoms with Gasteiger partial charge in [-0.25, -0.2) is 0 Å². The van der Waals surface area contributed by atoms with Gasteiger partial charge in [0, 0.05) is 0 Å². The standard InChI is InChI=1S/C29H50O4/c1-6-19(18(3)27(32)33)8-7-17(2)22-9-10-23-26-24(12-14-29(22,23)5)28(4)13-11-21(30)15-20(28)16-25(26)31/h17-26,30-31H,6-16H2,1-5H3,(H,32,33)/t17-,18?,19?,20+,21-,22-,23+,24+,25-,26+,28+,29-/m1/s1. The van der Waals surface area contributed by atoms with E-state index in [0.29, 0.717) is 40.9 Å². The third kappa shape index (κ3) is 4.30. The van der Waals surface area contributed by atoms with Crippen LogP contribution < -0.4 is 0 Å². The fourth-order valence-corrected chi connectivity index (χ4v) is 9.86. The second-order valence-electron chi connectivity index (χ2n) is 13.3. The molecule has 4 saturated carbocycles. The van der Waals surface area contributed by atoms with E-state index in [4.69, 9.17) is 0 Å². The van der Waals surface area contributed by atoms with Crippen molar-refractivity contribution in [3.63, 3.8) is 0 Å². The number of fused-ring (bicyclic) bond motifs is 5. The Balaban J connectivity index is 1.47. The fourth-order valence-electron chi connectivity index (χ4n) is 9.86. The largest absolute Gasteiger partial charge is 0.481 e. The first kappa shape index (κ1) is 25.5. The minimum atomic E-state index is -0.658. The minimum Gasteiger partial charge on any atom is -0.481 e. The zero-order valence-electron chi connectivity index (χ0n) is 21.8. The average molecular weight is 463 g/mol. The lowest BCUT2D eigenvalue weighted by molar-refractivity contribution is -0.174. The van der Waals surface area contributed by atoms with E-state index in [1.807, 2.05) is 6.92 Å². The highest BCUT2D eigenvalue weighted by Crippen LogP contribution is 2.68. The van der Waals surface area contributed by atoms with Crippen molar-refractivity contribution in [2.24, 2.45) is 58.2 Å². The molecule has 0 bridgehead atoms. The topological polar surface area (TPSA) is 77.8 Å². The molecular formula is C29H50O4. The predicted molar refractivity (Wildman–Crippen MR) is 132 cm³/mol. The maximum atomic E-state index is 11.5. The molecular weight excluding hydrogens is 412 g/mol. The lowest BCUT2D eigenvalue weighted by Gasteiger charge is -2.62. The highest BCUT2D eigenvalue weighted by Gasteiger charge is 2.62. The van der Waals surface area contributed by atoms with Gasteiger partial charge in [-0.3, -0.25) is 4.79 Å². The van der Waals surface area contributed by atoms with E-state index < -0.39 is 5.97 Å². The van der Waals surface area contributed by atoms with E-state index in [1.54, 1.807) is 0 Å². The Morgan fingerprint density at radius 2 is 1.61 bits per heavy atom. The number of hydrogen-bond acceptors (Lipinski definition) is 3. The number of carbonyl (C=O) groups is 1. The van der Waals surface area contributed by atoms with Gasteiger partial charge in [0.25, 0.3) is 0 Å². The van der Waals surface area contributed by atoms with Crippen molar-refractivity contribution in [2.45, 2.75) is 117 Å². The summed E-state index contributed by atoms with van der Waals surface area (Å²) in [5, 5.41) is 31.2. The highest BCUT2D eigenvalue weighted by molar-refractivity contribution is 5.69. The van der Waals surface area contributed by atoms with Crippen molar-refractivity contribution in [3.05, 3.63) is 0 Å². The molecule has 2 unspecified atom stereocenters. The molecule has 190 valence electrons. The summed E-state index contributed by atoms with van der Waals surface area (Å²) in [5.74, 6) is 2.76. The summed E-state index contributed by atoms with van der Waals surface area (Å²) in [6.45, 7) is 11.4. The molecule has 3 N–H and O–H groups in total. The molecule has 0 aromatic heterocycles. The maximum Gasteiger partial charge on any atom is 0.306 e. The van der Waals surface area contributed by atoms with Crippen LogP contribution in [0.15, 0.2) is 0 Å². The molecule has 0 amide bonds. The Morgan fingerprint density at radius 3 is 2.27 bits per heavy atom. The van der Waals surface area contributed by atoms with Gasteiger partial charge in [0.15, 0.2) is 0 Å². The summed E-state index contributed by atoms with van der Waals surface area (Å²) >= 11 is 0. The molecule has 4 aliphatic rings. The Kier molecular flexibility index (Phi) is 7.30. The van der Waals surface area contributed by atoms with Crippen molar-refractivity contribution in [2.75, 3.05) is 0 Å². The average Bonchev–Trinajstić information content (AvgIpc) is 3.12. The summed E-state index contributed by atoms with van der Waals surface area (Å²) in [4.78, 5) is 11.5. The van der Waals surface area contributed by atoms with E-state index in [-0.39, 0.29) is 29.5 Å². The van der Waals surface area contributed by atoms with Crippen molar-refractivity contribution >= 4 is 5.97 Å². The first-order valence-corrected chi connectivity index (χ1v) is 14.1. The second kappa shape index (κ2) is 9.45. The second-order valence-corrected chi connectivity index (χ2v) is 13.3. The van der Waals surface area contributed by atoms with Gasteiger partial charge in [-0.05, 0) is 110 Å². The van der Waals surface area contributed by atoms with Crippen LogP contribution in [0.1, 0.15) is 105 Å². The summed E-state index contributed by atoms with van der Waals surface area (Å²) in [7, 11) is 0. The molecule has 0 radical (unpaired) electrons. The number of rotatable bonds is 7. The molecule has 4 heteroatoms. The summed E-state index contributed by atoms with van der Waals surface area (Å²) in [6, 6.07) is 0. The van der Waals surface area contributed by atoms with Crippen LogP contribution in [-0.2, 0) is 4.79 Å². The Labute approximate surface area is 201 Å². The molecule has 0 heterocycles. The predicted octanol–water partition coefficient (Wildman–Crippen LogP) is 6.14. The van der Waals surface area contributed by atoms with E-state index in [1.165, 1.54) is 25.7 Å². The van der Waals surface area contributed by atoms with Crippen molar-refractivity contribution in [1.29, 1.82) is 0 Å². The summed E-state index contributed by atoms with van der Waals surface area (Å²) < 4.78 is 0. The van der Waals surface area contributed by atoms with E-state index in [9.17, 15) is 20.1 Å². The lowest BCUT2D eigenvalue weighted by atomic mass is 9.43. The van der Waals surface area contributed by atoms with Crippen LogP contribution in [0.4, 0.5) is 0 Å². The van der Waals surface area contributed by atoms with Gasteiger partial charge in [-0.1, -0.05) is 47.5 Å². The Hall–Kier alpha value is -0.610. The van der Waals surface area contributed by atoms with Crippen molar-refractivity contribution < 1.29 is 20.1 Å². The number of aliphatic carboxylic acids is 1. The fraction of sp³-hybridized carbons (Fsp3) is 0.966. The summed E-state index contributed by atoms with van der Waals surface area (Å²) in [6.07, 6.45) is 11.5. The molecule has 0 spiro atoms. The lowest BCUT2D eigenvalue weighted by Crippen LogP contribution is -2.58. The molecule has 0 saturated heterocycles. The van der Waals surface area contributed by atoms with Crippen LogP contribution in [0.5, 0.6) is 0 Å². The zero-order chi connectivity index (χ0) is 24.1. The Morgan fingerprint density at radius 1 is 0.939 bits per heavy atom. The number of carboxylic acids is 1. The molecule has 4 fully saturated rings. The molecule has 12 atom stereocenters. The van der Waals surface area contributed by atoms with Crippen LogP contribution in [-0.4, -0.2) is 33.5 Å². The first-order chi connectivity index (χ1) is 15.5. The SMILES string of the molecule is CCC(CC[C@@H](C)[C@H]1CC[C@H]2[C@@H]3[C@H](O)C[C@@H]4C[C@H](O)CC[C@]4(C)[C@H]3CC[C@]12C)C(C)C(=O)O. The maximum absolute atomic E-state index is 11.5. The van der Waals surface area contributed by atoms with Gasteiger partial charge in [0.1, 0.15) is 0 Å². The molecule has 4 nitrogen and oxygen atoms in total. The zero-order valence-corrected chi connectivity index (χ0v) is 21.8. The van der Waals surface area contributed by atoms with E-state index >= 15 is 0 Å². The van der Waals surface area contributed by atoms with Crippen molar-refractivity contribution in [3.8, 4) is 0 Å². The number of carboxylic acid groups (broad SMARTS) is 1. The van der Waals surface area contributed by atoms with Crippen LogP contribution >= 0.6 is 0 Å². The van der Waals surface area contributed by atoms with Gasteiger partial charge < -0.3 is 15.3 Å². The first-order valence-electron chi connectivity index (χ1n) is 14.1. The third-order valence-corrected chi connectivity index (χ3v) is 12.0. The smallest absolute Gasteiger partial charge is 0.306 e. The monoisotopic (exact) mass is 462 g/mol. The number of aliphatic hydroxyl groups is 2. The van der Waals surface area contributed by atoms with E-state index in [2.05, 4.69) is 27.7 Å². The van der Waals surface area contributed by atoms with Crippen LogP contribution in [0, 0.1) is 58.2 Å². The van der Waals surface area contributed by atoms with E-state index in [0.717, 1.165) is 44.9 Å². The molecule has 4 aliphatic carbocycles. The molecule has 33 heavy (non-hydrogen) atoms. The molecule has 4 rings (SSSR count). The third-order valence-electron chi connectivity index (χ3n) is 12.0. The molecule has 0 aromatic rings. The molecule has 0 aromatic carbocycles. The van der Waals surface area contributed by atoms with Gasteiger partial charge in [0.05, 0.1) is 18.1 Å². The minimum absolute atomic E-state index is 0.173. The van der Waals surface area contributed by atoms with Crippen LogP contribution in [0.25, 0.3) is 0 Å². The normalized spacial score (nSPS) is 47.7.